The third kappa shape index (κ3) is 3.73. The first-order valence-electron chi connectivity index (χ1n) is 8.11. The standard InChI is InChI=1S/C16H29N3S/c1-5-7-14-8-10-19(11-14)16-18-13(4)15(20-16)12(3)17-9-6-2/h12,14,17H,5-11H2,1-4H3. The third-order valence-electron chi connectivity index (χ3n) is 4.17. The molecular weight excluding hydrogens is 266 g/mol. The van der Waals surface area contributed by atoms with E-state index in [1.807, 2.05) is 11.3 Å². The van der Waals surface area contributed by atoms with Crippen molar-refractivity contribution in [2.24, 2.45) is 5.92 Å². The van der Waals surface area contributed by atoms with E-state index in [0.29, 0.717) is 6.04 Å². The molecule has 1 aromatic rings. The summed E-state index contributed by atoms with van der Waals surface area (Å²) < 4.78 is 0. The molecule has 1 aromatic heterocycles. The molecule has 114 valence electrons. The van der Waals surface area contributed by atoms with Crippen molar-refractivity contribution >= 4 is 16.5 Å². The topological polar surface area (TPSA) is 28.2 Å². The van der Waals surface area contributed by atoms with Crippen LogP contribution >= 0.6 is 11.3 Å². The summed E-state index contributed by atoms with van der Waals surface area (Å²) in [6, 6.07) is 0.426. The summed E-state index contributed by atoms with van der Waals surface area (Å²) in [7, 11) is 0. The van der Waals surface area contributed by atoms with Gasteiger partial charge >= 0.3 is 0 Å². The fourth-order valence-electron chi connectivity index (χ4n) is 3.03. The van der Waals surface area contributed by atoms with Gasteiger partial charge in [-0.25, -0.2) is 4.98 Å². The first-order valence-corrected chi connectivity index (χ1v) is 8.93. The number of hydrogen-bond acceptors (Lipinski definition) is 4. The largest absolute Gasteiger partial charge is 0.348 e. The molecule has 4 heteroatoms. The van der Waals surface area contributed by atoms with E-state index in [1.165, 1.54) is 54.5 Å². The molecular formula is C16H29N3S. The summed E-state index contributed by atoms with van der Waals surface area (Å²) in [6.07, 6.45) is 5.19. The Hall–Kier alpha value is -0.610. The van der Waals surface area contributed by atoms with Crippen molar-refractivity contribution in [3.63, 3.8) is 0 Å². The number of aryl methyl sites for hydroxylation is 1. The van der Waals surface area contributed by atoms with Gasteiger partial charge in [-0.3, -0.25) is 0 Å². The number of hydrogen-bond donors (Lipinski definition) is 1. The Kier molecular flexibility index (Phi) is 5.85. The van der Waals surface area contributed by atoms with Gasteiger partial charge in [-0.05, 0) is 45.6 Å². The van der Waals surface area contributed by atoms with Crippen LogP contribution in [-0.4, -0.2) is 24.6 Å². The van der Waals surface area contributed by atoms with E-state index >= 15 is 0 Å². The third-order valence-corrected chi connectivity index (χ3v) is 5.57. The van der Waals surface area contributed by atoms with Crippen LogP contribution in [0.25, 0.3) is 0 Å². The molecule has 1 fully saturated rings. The zero-order valence-corrected chi connectivity index (χ0v) is 14.2. The normalized spacial score (nSPS) is 20.6. The minimum absolute atomic E-state index is 0.426. The number of anilines is 1. The Labute approximate surface area is 127 Å². The summed E-state index contributed by atoms with van der Waals surface area (Å²) in [5.74, 6) is 0.878. The van der Waals surface area contributed by atoms with Gasteiger partial charge in [0.15, 0.2) is 5.13 Å². The molecule has 1 saturated heterocycles. The number of nitrogens with one attached hydrogen (secondary N) is 1. The Balaban J connectivity index is 2.00. The molecule has 20 heavy (non-hydrogen) atoms. The number of rotatable bonds is 7. The molecule has 2 unspecified atom stereocenters. The van der Waals surface area contributed by atoms with Crippen LogP contribution in [0.3, 0.4) is 0 Å². The van der Waals surface area contributed by atoms with Gasteiger partial charge in [0.25, 0.3) is 0 Å². The van der Waals surface area contributed by atoms with E-state index in [1.54, 1.807) is 0 Å². The molecule has 3 nitrogen and oxygen atoms in total. The van der Waals surface area contributed by atoms with Crippen molar-refractivity contribution in [1.82, 2.24) is 10.3 Å². The molecule has 0 radical (unpaired) electrons. The maximum Gasteiger partial charge on any atom is 0.185 e. The molecule has 0 spiro atoms. The average Bonchev–Trinajstić information content (AvgIpc) is 3.03. The maximum absolute atomic E-state index is 4.82. The number of aromatic nitrogens is 1. The first-order chi connectivity index (χ1) is 9.65. The molecule has 2 heterocycles. The Bertz CT molecular complexity index is 416. The highest BCUT2D eigenvalue weighted by atomic mass is 32.1. The second kappa shape index (κ2) is 7.41. The smallest absolute Gasteiger partial charge is 0.185 e. The fraction of sp³-hybridized carbons (Fsp3) is 0.812. The molecule has 0 amide bonds. The molecule has 1 N–H and O–H groups in total. The lowest BCUT2D eigenvalue weighted by Gasteiger charge is -2.15. The van der Waals surface area contributed by atoms with Gasteiger partial charge in [-0.2, -0.15) is 0 Å². The number of thiazole rings is 1. The van der Waals surface area contributed by atoms with Gasteiger partial charge in [0.1, 0.15) is 0 Å². The highest BCUT2D eigenvalue weighted by molar-refractivity contribution is 7.15. The predicted molar refractivity (Wildman–Crippen MR) is 88.8 cm³/mol. The van der Waals surface area contributed by atoms with Crippen LogP contribution in [0.5, 0.6) is 0 Å². The Morgan fingerprint density at radius 1 is 1.40 bits per heavy atom. The minimum atomic E-state index is 0.426. The van der Waals surface area contributed by atoms with E-state index in [4.69, 9.17) is 4.98 Å². The molecule has 2 rings (SSSR count). The highest BCUT2D eigenvalue weighted by Crippen LogP contribution is 2.34. The van der Waals surface area contributed by atoms with Crippen LogP contribution in [-0.2, 0) is 0 Å². The van der Waals surface area contributed by atoms with Crippen molar-refractivity contribution in [3.05, 3.63) is 10.6 Å². The zero-order valence-electron chi connectivity index (χ0n) is 13.4. The van der Waals surface area contributed by atoms with Gasteiger partial charge < -0.3 is 10.2 Å². The van der Waals surface area contributed by atoms with Crippen molar-refractivity contribution in [2.75, 3.05) is 24.5 Å². The monoisotopic (exact) mass is 295 g/mol. The van der Waals surface area contributed by atoms with E-state index in [9.17, 15) is 0 Å². The lowest BCUT2D eigenvalue weighted by Crippen LogP contribution is -2.19. The highest BCUT2D eigenvalue weighted by Gasteiger charge is 2.25. The quantitative estimate of drug-likeness (QED) is 0.819. The first kappa shape index (κ1) is 15.8. The predicted octanol–water partition coefficient (Wildman–Crippen LogP) is 4.14. The Morgan fingerprint density at radius 2 is 2.20 bits per heavy atom. The second-order valence-electron chi connectivity index (χ2n) is 6.01. The van der Waals surface area contributed by atoms with E-state index in [-0.39, 0.29) is 0 Å². The van der Waals surface area contributed by atoms with Crippen LogP contribution < -0.4 is 10.2 Å². The van der Waals surface area contributed by atoms with E-state index in [0.717, 1.165) is 12.5 Å². The van der Waals surface area contributed by atoms with Gasteiger partial charge in [-0.15, -0.1) is 11.3 Å². The summed E-state index contributed by atoms with van der Waals surface area (Å²) in [6.45, 7) is 12.4. The molecule has 0 aromatic carbocycles. The average molecular weight is 295 g/mol. The second-order valence-corrected chi connectivity index (χ2v) is 7.02. The Morgan fingerprint density at radius 3 is 2.90 bits per heavy atom. The lowest BCUT2D eigenvalue weighted by molar-refractivity contribution is 0.530. The van der Waals surface area contributed by atoms with Crippen LogP contribution in [0, 0.1) is 12.8 Å². The fourth-order valence-corrected chi connectivity index (χ4v) is 4.16. The van der Waals surface area contributed by atoms with E-state index in [2.05, 4.69) is 37.9 Å². The number of nitrogens with zero attached hydrogens (tertiary/aromatic N) is 2. The molecule has 0 bridgehead atoms. The molecule has 1 aliphatic rings. The van der Waals surface area contributed by atoms with Crippen LogP contribution in [0.1, 0.15) is 63.1 Å². The van der Waals surface area contributed by atoms with Crippen LogP contribution in [0.15, 0.2) is 0 Å². The van der Waals surface area contributed by atoms with Crippen molar-refractivity contribution in [2.45, 2.75) is 59.4 Å². The van der Waals surface area contributed by atoms with Gasteiger partial charge in [0.05, 0.1) is 5.69 Å². The zero-order chi connectivity index (χ0) is 14.5. The lowest BCUT2D eigenvalue weighted by atomic mass is 10.0. The van der Waals surface area contributed by atoms with Gasteiger partial charge in [0, 0.05) is 24.0 Å². The SMILES string of the molecule is CCCNC(C)c1sc(N2CCC(CCC)C2)nc1C. The van der Waals surface area contributed by atoms with Crippen molar-refractivity contribution in [1.29, 1.82) is 0 Å². The minimum Gasteiger partial charge on any atom is -0.348 e. The summed E-state index contributed by atoms with van der Waals surface area (Å²) >= 11 is 1.89. The summed E-state index contributed by atoms with van der Waals surface area (Å²) in [5, 5.41) is 4.81. The van der Waals surface area contributed by atoms with Crippen molar-refractivity contribution < 1.29 is 0 Å². The maximum atomic E-state index is 4.82. The van der Waals surface area contributed by atoms with Gasteiger partial charge in [0.2, 0.25) is 0 Å². The van der Waals surface area contributed by atoms with Crippen molar-refractivity contribution in [3.8, 4) is 0 Å². The van der Waals surface area contributed by atoms with Crippen LogP contribution in [0.4, 0.5) is 5.13 Å². The summed E-state index contributed by atoms with van der Waals surface area (Å²) in [5.41, 5.74) is 1.21. The molecule has 1 aliphatic heterocycles. The van der Waals surface area contributed by atoms with Gasteiger partial charge in [-0.1, -0.05) is 20.3 Å². The molecule has 0 aliphatic carbocycles. The summed E-state index contributed by atoms with van der Waals surface area (Å²) in [4.78, 5) is 8.72. The van der Waals surface area contributed by atoms with Crippen LogP contribution in [0.2, 0.25) is 0 Å². The molecule has 0 saturated carbocycles. The molecule has 2 atom stereocenters. The van der Waals surface area contributed by atoms with E-state index < -0.39 is 0 Å².